The SMILES string of the molecule is CNCC1CCN(Cc2cnc(C)cn2)C1.Cl.Cl. The van der Waals surface area contributed by atoms with Crippen molar-refractivity contribution in [2.24, 2.45) is 5.92 Å². The minimum absolute atomic E-state index is 0. The predicted molar refractivity (Wildman–Crippen MR) is 78.6 cm³/mol. The van der Waals surface area contributed by atoms with E-state index in [0.29, 0.717) is 0 Å². The first-order valence-electron chi connectivity index (χ1n) is 5.92. The summed E-state index contributed by atoms with van der Waals surface area (Å²) in [5.74, 6) is 0.795. The van der Waals surface area contributed by atoms with Gasteiger partial charge in [0.1, 0.15) is 0 Å². The Labute approximate surface area is 121 Å². The number of nitrogens with zero attached hydrogens (tertiary/aromatic N) is 3. The average molecular weight is 293 g/mol. The van der Waals surface area contributed by atoms with E-state index in [1.165, 1.54) is 19.5 Å². The minimum atomic E-state index is 0. The lowest BCUT2D eigenvalue weighted by atomic mass is 10.1. The summed E-state index contributed by atoms with van der Waals surface area (Å²) >= 11 is 0. The van der Waals surface area contributed by atoms with E-state index in [4.69, 9.17) is 0 Å². The molecule has 0 aromatic carbocycles. The van der Waals surface area contributed by atoms with Gasteiger partial charge in [-0.25, -0.2) is 0 Å². The molecule has 2 heterocycles. The van der Waals surface area contributed by atoms with Gasteiger partial charge in [0.15, 0.2) is 0 Å². The lowest BCUT2D eigenvalue weighted by Crippen LogP contribution is -2.24. The summed E-state index contributed by atoms with van der Waals surface area (Å²) in [5.41, 5.74) is 2.06. The third kappa shape index (κ3) is 5.06. The van der Waals surface area contributed by atoms with Crippen molar-refractivity contribution in [3.63, 3.8) is 0 Å². The van der Waals surface area contributed by atoms with Crippen LogP contribution in [-0.4, -0.2) is 41.5 Å². The summed E-state index contributed by atoms with van der Waals surface area (Å²) in [4.78, 5) is 11.1. The summed E-state index contributed by atoms with van der Waals surface area (Å²) in [6.07, 6.45) is 5.03. The van der Waals surface area contributed by atoms with Gasteiger partial charge in [-0.2, -0.15) is 0 Å². The third-order valence-corrected chi connectivity index (χ3v) is 3.08. The van der Waals surface area contributed by atoms with E-state index < -0.39 is 0 Å². The molecular formula is C12H22Cl2N4. The van der Waals surface area contributed by atoms with Crippen LogP contribution in [0.2, 0.25) is 0 Å². The second-order valence-electron chi connectivity index (χ2n) is 4.60. The molecule has 0 aliphatic carbocycles. The van der Waals surface area contributed by atoms with Crippen molar-refractivity contribution in [1.82, 2.24) is 20.2 Å². The maximum atomic E-state index is 4.39. The molecule has 0 amide bonds. The zero-order valence-corrected chi connectivity index (χ0v) is 12.6. The first-order valence-corrected chi connectivity index (χ1v) is 5.92. The number of aromatic nitrogens is 2. The van der Waals surface area contributed by atoms with Gasteiger partial charge in [-0.15, -0.1) is 24.8 Å². The second-order valence-corrected chi connectivity index (χ2v) is 4.60. The van der Waals surface area contributed by atoms with Crippen LogP contribution in [-0.2, 0) is 6.54 Å². The van der Waals surface area contributed by atoms with Crippen molar-refractivity contribution in [2.45, 2.75) is 19.9 Å². The summed E-state index contributed by atoms with van der Waals surface area (Å²) in [5, 5.41) is 3.25. The summed E-state index contributed by atoms with van der Waals surface area (Å²) in [6.45, 7) is 6.39. The molecule has 4 nitrogen and oxygen atoms in total. The van der Waals surface area contributed by atoms with Crippen LogP contribution >= 0.6 is 24.8 Å². The molecule has 0 saturated carbocycles. The molecule has 18 heavy (non-hydrogen) atoms. The van der Waals surface area contributed by atoms with Crippen LogP contribution in [0.1, 0.15) is 17.8 Å². The number of nitrogens with one attached hydrogen (secondary N) is 1. The fourth-order valence-electron chi connectivity index (χ4n) is 2.24. The van der Waals surface area contributed by atoms with Crippen LogP contribution in [0.15, 0.2) is 12.4 Å². The highest BCUT2D eigenvalue weighted by Crippen LogP contribution is 2.16. The van der Waals surface area contributed by atoms with Crippen LogP contribution in [0.25, 0.3) is 0 Å². The van der Waals surface area contributed by atoms with Crippen molar-refractivity contribution in [2.75, 3.05) is 26.7 Å². The lowest BCUT2D eigenvalue weighted by molar-refractivity contribution is 0.311. The van der Waals surface area contributed by atoms with E-state index in [1.54, 1.807) is 0 Å². The number of halogens is 2. The Morgan fingerprint density at radius 3 is 2.72 bits per heavy atom. The van der Waals surface area contributed by atoms with Crippen molar-refractivity contribution >= 4 is 24.8 Å². The topological polar surface area (TPSA) is 41.0 Å². The lowest BCUT2D eigenvalue weighted by Gasteiger charge is -2.15. The number of rotatable bonds is 4. The van der Waals surface area contributed by atoms with E-state index in [2.05, 4.69) is 20.2 Å². The molecule has 6 heteroatoms. The monoisotopic (exact) mass is 292 g/mol. The van der Waals surface area contributed by atoms with Crippen LogP contribution in [0, 0.1) is 12.8 Å². The number of aryl methyl sites for hydroxylation is 1. The Hall–Kier alpha value is -0.420. The summed E-state index contributed by atoms with van der Waals surface area (Å²) in [6, 6.07) is 0. The molecule has 0 radical (unpaired) electrons. The maximum Gasteiger partial charge on any atom is 0.0727 e. The summed E-state index contributed by atoms with van der Waals surface area (Å²) < 4.78 is 0. The van der Waals surface area contributed by atoms with Gasteiger partial charge in [-0.05, 0) is 39.4 Å². The molecule has 1 unspecified atom stereocenters. The molecule has 0 bridgehead atoms. The smallest absolute Gasteiger partial charge is 0.0727 e. The first kappa shape index (κ1) is 17.6. The highest BCUT2D eigenvalue weighted by atomic mass is 35.5. The van der Waals surface area contributed by atoms with Gasteiger partial charge in [-0.3, -0.25) is 14.9 Å². The molecule has 1 saturated heterocycles. The van der Waals surface area contributed by atoms with Crippen molar-refractivity contribution in [3.8, 4) is 0 Å². The second kappa shape index (κ2) is 8.64. The Morgan fingerprint density at radius 1 is 1.33 bits per heavy atom. The van der Waals surface area contributed by atoms with Gasteiger partial charge in [0.05, 0.1) is 11.4 Å². The fraction of sp³-hybridized carbons (Fsp3) is 0.667. The van der Waals surface area contributed by atoms with Crippen LogP contribution < -0.4 is 5.32 Å². The van der Waals surface area contributed by atoms with Gasteiger partial charge >= 0.3 is 0 Å². The first-order chi connectivity index (χ1) is 7.78. The molecule has 1 atom stereocenters. The van der Waals surface area contributed by atoms with Gasteiger partial charge in [0.25, 0.3) is 0 Å². The highest BCUT2D eigenvalue weighted by Gasteiger charge is 2.21. The van der Waals surface area contributed by atoms with Crippen LogP contribution in [0.3, 0.4) is 0 Å². The number of likely N-dealkylation sites (tertiary alicyclic amines) is 1. The minimum Gasteiger partial charge on any atom is -0.319 e. The van der Waals surface area contributed by atoms with Gasteiger partial charge in [-0.1, -0.05) is 0 Å². The molecule has 2 rings (SSSR count). The van der Waals surface area contributed by atoms with Crippen molar-refractivity contribution < 1.29 is 0 Å². The van der Waals surface area contributed by atoms with E-state index in [0.717, 1.165) is 30.4 Å². The average Bonchev–Trinajstić information content (AvgIpc) is 2.70. The third-order valence-electron chi connectivity index (χ3n) is 3.08. The van der Waals surface area contributed by atoms with Crippen LogP contribution in [0.4, 0.5) is 0 Å². The zero-order valence-electron chi connectivity index (χ0n) is 10.9. The largest absolute Gasteiger partial charge is 0.319 e. The Morgan fingerprint density at radius 2 is 2.11 bits per heavy atom. The molecule has 1 aliphatic rings. The van der Waals surface area contributed by atoms with Gasteiger partial charge in [0.2, 0.25) is 0 Å². The quantitative estimate of drug-likeness (QED) is 0.917. The fourth-order valence-corrected chi connectivity index (χ4v) is 2.24. The molecule has 1 fully saturated rings. The predicted octanol–water partition coefficient (Wildman–Crippen LogP) is 1.67. The van der Waals surface area contributed by atoms with Gasteiger partial charge < -0.3 is 5.32 Å². The molecule has 1 aliphatic heterocycles. The number of hydrogen-bond donors (Lipinski definition) is 1. The van der Waals surface area contributed by atoms with Crippen LogP contribution in [0.5, 0.6) is 0 Å². The highest BCUT2D eigenvalue weighted by molar-refractivity contribution is 5.85. The summed E-state index contributed by atoms with van der Waals surface area (Å²) in [7, 11) is 2.02. The molecule has 104 valence electrons. The molecule has 1 aromatic heterocycles. The zero-order chi connectivity index (χ0) is 11.4. The van der Waals surface area contributed by atoms with Crippen molar-refractivity contribution in [1.29, 1.82) is 0 Å². The molecule has 1 N–H and O–H groups in total. The molecular weight excluding hydrogens is 271 g/mol. The molecule has 1 aromatic rings. The van der Waals surface area contributed by atoms with E-state index in [-0.39, 0.29) is 24.8 Å². The Balaban J connectivity index is 0.00000144. The Bertz CT molecular complexity index is 331. The van der Waals surface area contributed by atoms with Crippen molar-refractivity contribution in [3.05, 3.63) is 23.8 Å². The van der Waals surface area contributed by atoms with Gasteiger partial charge in [0, 0.05) is 25.5 Å². The van der Waals surface area contributed by atoms with E-state index in [1.807, 2.05) is 26.4 Å². The molecule has 0 spiro atoms. The standard InChI is InChI=1S/C12H20N4.2ClH/c1-10-5-15-12(7-14-10)9-16-4-3-11(8-16)6-13-2;;/h5,7,11,13H,3-4,6,8-9H2,1-2H3;2*1H. The van der Waals surface area contributed by atoms with E-state index >= 15 is 0 Å². The number of hydrogen-bond acceptors (Lipinski definition) is 4. The van der Waals surface area contributed by atoms with E-state index in [9.17, 15) is 0 Å². The Kier molecular flexibility index (Phi) is 8.44. The normalized spacial score (nSPS) is 19.1. The maximum absolute atomic E-state index is 4.39.